The predicted molar refractivity (Wildman–Crippen MR) is 51.3 cm³/mol. The first-order valence-corrected chi connectivity index (χ1v) is 5.13. The molecule has 0 aromatic heterocycles. The number of halogens is 3. The van der Waals surface area contributed by atoms with Crippen LogP contribution < -0.4 is 0 Å². The maximum Gasteiger partial charge on any atom is 0.446 e. The number of Topliss-reactive ketones (excluding diaryl/α,β-unsaturated/α-hetero) is 1. The average molecular weight is 240 g/mol. The van der Waals surface area contributed by atoms with Gasteiger partial charge in [-0.05, 0) is 17.2 Å². The molecule has 0 saturated carbocycles. The summed E-state index contributed by atoms with van der Waals surface area (Å²) in [4.78, 5) is 10.8. The third-order valence-electron chi connectivity index (χ3n) is 2.02. The summed E-state index contributed by atoms with van der Waals surface area (Å²) in [5.74, 6) is -1.08. The fourth-order valence-corrected chi connectivity index (χ4v) is 2.11. The van der Waals surface area contributed by atoms with Crippen LogP contribution in [0.2, 0.25) is 0 Å². The molecule has 0 radical (unpaired) electrons. The molecule has 0 spiro atoms. The van der Waals surface area contributed by atoms with Crippen LogP contribution in [0.1, 0.15) is 26.7 Å². The number of allylic oxidation sites excluding steroid dienone is 2. The van der Waals surface area contributed by atoms with Crippen LogP contribution >= 0.6 is 11.8 Å². The summed E-state index contributed by atoms with van der Waals surface area (Å²) < 4.78 is 36.1. The zero-order chi connectivity index (χ0) is 11.9. The molecule has 0 aromatic carbocycles. The van der Waals surface area contributed by atoms with Crippen LogP contribution in [0.5, 0.6) is 0 Å². The summed E-state index contributed by atoms with van der Waals surface area (Å²) in [6, 6.07) is 0. The summed E-state index contributed by atoms with van der Waals surface area (Å²) in [5, 5.41) is 9.38. The van der Waals surface area contributed by atoms with Gasteiger partial charge >= 0.3 is 5.51 Å². The van der Waals surface area contributed by atoms with E-state index in [9.17, 15) is 23.1 Å². The van der Waals surface area contributed by atoms with E-state index in [1.54, 1.807) is 13.8 Å². The SMILES string of the molecule is CC1(C)CC(=O)C(SC(F)(F)F)=C(O)C1. The van der Waals surface area contributed by atoms with Gasteiger partial charge in [0, 0.05) is 12.8 Å². The Kier molecular flexibility index (Phi) is 3.09. The highest BCUT2D eigenvalue weighted by Gasteiger charge is 2.40. The van der Waals surface area contributed by atoms with Crippen molar-refractivity contribution in [3.63, 3.8) is 0 Å². The number of ketones is 1. The van der Waals surface area contributed by atoms with E-state index < -0.39 is 39.1 Å². The molecule has 0 saturated heterocycles. The number of aliphatic hydroxyl groups excluding tert-OH is 1. The van der Waals surface area contributed by atoms with Crippen LogP contribution in [0.25, 0.3) is 0 Å². The van der Waals surface area contributed by atoms with Crippen molar-refractivity contribution in [1.29, 1.82) is 0 Å². The van der Waals surface area contributed by atoms with Crippen LogP contribution in [0.3, 0.4) is 0 Å². The fraction of sp³-hybridized carbons (Fsp3) is 0.667. The second-order valence-corrected chi connectivity index (χ2v) is 5.34. The molecule has 2 nitrogen and oxygen atoms in total. The largest absolute Gasteiger partial charge is 0.511 e. The van der Waals surface area contributed by atoms with Crippen molar-refractivity contribution in [2.24, 2.45) is 5.41 Å². The first-order valence-electron chi connectivity index (χ1n) is 4.32. The summed E-state index contributed by atoms with van der Waals surface area (Å²) in [6.45, 7) is 3.46. The number of carbonyl (C=O) groups is 1. The monoisotopic (exact) mass is 240 g/mol. The maximum atomic E-state index is 12.0. The minimum atomic E-state index is -4.53. The Morgan fingerprint density at radius 3 is 2.27 bits per heavy atom. The molecule has 1 aliphatic rings. The van der Waals surface area contributed by atoms with E-state index in [2.05, 4.69) is 0 Å². The lowest BCUT2D eigenvalue weighted by molar-refractivity contribution is -0.117. The number of aliphatic hydroxyl groups is 1. The highest BCUT2D eigenvalue weighted by molar-refractivity contribution is 8.04. The third kappa shape index (κ3) is 3.44. The fourth-order valence-electron chi connectivity index (χ4n) is 1.50. The van der Waals surface area contributed by atoms with Crippen LogP contribution in [0.4, 0.5) is 13.2 Å². The molecule has 1 rings (SSSR count). The molecule has 0 heterocycles. The van der Waals surface area contributed by atoms with E-state index in [-0.39, 0.29) is 12.8 Å². The minimum absolute atomic E-state index is 0.0372. The summed E-state index contributed by atoms with van der Waals surface area (Å²) in [6.07, 6.45) is 0.145. The van der Waals surface area contributed by atoms with Crippen LogP contribution in [-0.2, 0) is 4.79 Å². The number of carbonyl (C=O) groups excluding carboxylic acids is 1. The van der Waals surface area contributed by atoms with Gasteiger partial charge in [0.05, 0.1) is 4.91 Å². The predicted octanol–water partition coefficient (Wildman–Crippen LogP) is 3.40. The Morgan fingerprint density at radius 1 is 1.33 bits per heavy atom. The van der Waals surface area contributed by atoms with Crippen LogP contribution in [0, 0.1) is 5.41 Å². The first kappa shape index (κ1) is 12.4. The van der Waals surface area contributed by atoms with Gasteiger partial charge in [0.2, 0.25) is 0 Å². The molecule has 1 N–H and O–H groups in total. The highest BCUT2D eigenvalue weighted by Crippen LogP contribution is 2.44. The van der Waals surface area contributed by atoms with E-state index >= 15 is 0 Å². The Hall–Kier alpha value is -0.650. The molecule has 0 bridgehead atoms. The first-order chi connectivity index (χ1) is 6.61. The topological polar surface area (TPSA) is 37.3 Å². The Balaban J connectivity index is 2.93. The van der Waals surface area contributed by atoms with Gasteiger partial charge in [0.15, 0.2) is 5.78 Å². The second-order valence-electron chi connectivity index (χ2n) is 4.26. The summed E-state index contributed by atoms with van der Waals surface area (Å²) >= 11 is -0.525. The number of hydrogen-bond acceptors (Lipinski definition) is 3. The smallest absolute Gasteiger partial charge is 0.446 e. The molecule has 1 aliphatic carbocycles. The molecule has 0 aromatic rings. The van der Waals surface area contributed by atoms with Crippen molar-refractivity contribution < 1.29 is 23.1 Å². The summed E-state index contributed by atoms with van der Waals surface area (Å²) in [7, 11) is 0. The maximum absolute atomic E-state index is 12.0. The standard InChI is InChI=1S/C9H11F3O2S/c1-8(2)3-5(13)7(6(14)4-8)15-9(10,11)12/h13H,3-4H2,1-2H3. The lowest BCUT2D eigenvalue weighted by Gasteiger charge is -2.29. The molecule has 0 fully saturated rings. The highest BCUT2D eigenvalue weighted by atomic mass is 32.2. The van der Waals surface area contributed by atoms with Gasteiger partial charge in [-0.3, -0.25) is 4.79 Å². The van der Waals surface area contributed by atoms with E-state index in [4.69, 9.17) is 0 Å². The Morgan fingerprint density at radius 2 is 1.87 bits per heavy atom. The van der Waals surface area contributed by atoms with Gasteiger partial charge in [0.1, 0.15) is 5.76 Å². The van der Waals surface area contributed by atoms with Crippen LogP contribution in [0.15, 0.2) is 10.7 Å². The molecule has 86 valence electrons. The number of thioether (sulfide) groups is 1. The minimum Gasteiger partial charge on any atom is -0.511 e. The molecular weight excluding hydrogens is 229 g/mol. The molecule has 0 aliphatic heterocycles. The zero-order valence-corrected chi connectivity index (χ0v) is 9.13. The van der Waals surface area contributed by atoms with Crippen molar-refractivity contribution in [3.8, 4) is 0 Å². The van der Waals surface area contributed by atoms with Gasteiger partial charge in [-0.2, -0.15) is 13.2 Å². The van der Waals surface area contributed by atoms with Crippen molar-refractivity contribution in [2.45, 2.75) is 32.2 Å². The van der Waals surface area contributed by atoms with Gasteiger partial charge in [-0.1, -0.05) is 13.8 Å². The Labute approximate surface area is 89.5 Å². The molecule has 0 atom stereocenters. The lowest BCUT2D eigenvalue weighted by Crippen LogP contribution is -2.25. The van der Waals surface area contributed by atoms with E-state index in [0.717, 1.165) is 0 Å². The third-order valence-corrected chi connectivity index (χ3v) is 2.92. The van der Waals surface area contributed by atoms with E-state index in [1.807, 2.05) is 0 Å². The van der Waals surface area contributed by atoms with E-state index in [1.165, 1.54) is 0 Å². The average Bonchev–Trinajstić information content (AvgIpc) is 1.93. The number of rotatable bonds is 1. The molecule has 15 heavy (non-hydrogen) atoms. The quantitative estimate of drug-likeness (QED) is 0.763. The normalized spacial score (nSPS) is 22.1. The van der Waals surface area contributed by atoms with Crippen molar-refractivity contribution in [1.82, 2.24) is 0 Å². The van der Waals surface area contributed by atoms with Gasteiger partial charge < -0.3 is 5.11 Å². The number of alkyl halides is 3. The van der Waals surface area contributed by atoms with Crippen molar-refractivity contribution in [2.75, 3.05) is 0 Å². The van der Waals surface area contributed by atoms with Crippen molar-refractivity contribution >= 4 is 17.5 Å². The lowest BCUT2D eigenvalue weighted by atomic mass is 9.79. The molecule has 0 amide bonds. The summed E-state index contributed by atoms with van der Waals surface area (Å²) in [5.41, 5.74) is -4.99. The molecule has 0 unspecified atom stereocenters. The zero-order valence-electron chi connectivity index (χ0n) is 8.31. The van der Waals surface area contributed by atoms with E-state index in [0.29, 0.717) is 0 Å². The Bertz CT molecular complexity index is 318. The van der Waals surface area contributed by atoms with Crippen molar-refractivity contribution in [3.05, 3.63) is 10.7 Å². The molecular formula is C9H11F3O2S. The number of hydrogen-bond donors (Lipinski definition) is 1. The van der Waals surface area contributed by atoms with Gasteiger partial charge in [-0.15, -0.1) is 0 Å². The van der Waals surface area contributed by atoms with Gasteiger partial charge in [0.25, 0.3) is 0 Å². The second kappa shape index (κ2) is 3.73. The molecule has 6 heteroatoms. The van der Waals surface area contributed by atoms with Crippen LogP contribution in [-0.4, -0.2) is 16.4 Å². The van der Waals surface area contributed by atoms with Gasteiger partial charge in [-0.25, -0.2) is 0 Å².